The number of hydrogen-bond acceptors (Lipinski definition) is 3. The summed E-state index contributed by atoms with van der Waals surface area (Å²) in [5.74, 6) is -0.946. The molecule has 0 radical (unpaired) electrons. The third kappa shape index (κ3) is 2.81. The van der Waals surface area contributed by atoms with Crippen LogP contribution in [0.25, 0.3) is 0 Å². The van der Waals surface area contributed by atoms with E-state index in [2.05, 4.69) is 0 Å². The van der Waals surface area contributed by atoms with Crippen molar-refractivity contribution in [2.75, 3.05) is 25.0 Å². The molecular formula is C17H21N3O3. The monoisotopic (exact) mass is 315 g/mol. The van der Waals surface area contributed by atoms with Crippen molar-refractivity contribution in [1.29, 1.82) is 0 Å². The molecule has 2 aliphatic heterocycles. The van der Waals surface area contributed by atoms with Crippen molar-refractivity contribution in [2.24, 2.45) is 11.7 Å². The van der Waals surface area contributed by atoms with E-state index < -0.39 is 5.92 Å². The van der Waals surface area contributed by atoms with Gasteiger partial charge in [-0.2, -0.15) is 0 Å². The first-order valence-corrected chi connectivity index (χ1v) is 7.92. The zero-order valence-electron chi connectivity index (χ0n) is 13.2. The molecule has 1 fully saturated rings. The molecule has 122 valence electrons. The highest BCUT2D eigenvalue weighted by Crippen LogP contribution is 2.36. The molecule has 0 spiro atoms. The van der Waals surface area contributed by atoms with Crippen molar-refractivity contribution in [2.45, 2.75) is 25.2 Å². The number of carbonyl (C=O) groups excluding carboxylic acids is 3. The van der Waals surface area contributed by atoms with E-state index >= 15 is 0 Å². The van der Waals surface area contributed by atoms with E-state index in [4.69, 9.17) is 5.73 Å². The first kappa shape index (κ1) is 15.5. The second kappa shape index (κ2) is 6.02. The van der Waals surface area contributed by atoms with Gasteiger partial charge in [-0.25, -0.2) is 0 Å². The Bertz CT molecular complexity index is 650. The fraction of sp³-hybridized carbons (Fsp3) is 0.471. The summed E-state index contributed by atoms with van der Waals surface area (Å²) in [6.07, 6.45) is 1.40. The number of fused-ring (bicyclic) bond motifs is 1. The summed E-state index contributed by atoms with van der Waals surface area (Å²) in [5.41, 5.74) is 7.04. The van der Waals surface area contributed by atoms with Gasteiger partial charge in [0.1, 0.15) is 0 Å². The molecule has 0 aliphatic carbocycles. The molecule has 1 atom stereocenters. The van der Waals surface area contributed by atoms with Crippen LogP contribution in [0, 0.1) is 5.92 Å². The van der Waals surface area contributed by atoms with Crippen LogP contribution < -0.4 is 10.6 Å². The van der Waals surface area contributed by atoms with Crippen molar-refractivity contribution < 1.29 is 14.4 Å². The minimum Gasteiger partial charge on any atom is -0.369 e. The quantitative estimate of drug-likeness (QED) is 0.878. The number of para-hydroxylation sites is 1. The molecule has 3 rings (SSSR count). The van der Waals surface area contributed by atoms with Crippen LogP contribution in [0.4, 0.5) is 5.69 Å². The third-order valence-electron chi connectivity index (χ3n) is 4.93. The largest absolute Gasteiger partial charge is 0.369 e. The van der Waals surface area contributed by atoms with Gasteiger partial charge in [0.15, 0.2) is 0 Å². The van der Waals surface area contributed by atoms with Crippen LogP contribution >= 0.6 is 0 Å². The molecule has 0 bridgehead atoms. The Morgan fingerprint density at radius 3 is 2.48 bits per heavy atom. The van der Waals surface area contributed by atoms with E-state index in [1.54, 1.807) is 16.8 Å². The summed E-state index contributed by atoms with van der Waals surface area (Å²) in [6, 6.07) is 7.54. The van der Waals surface area contributed by atoms with Gasteiger partial charge in [-0.15, -0.1) is 0 Å². The summed E-state index contributed by atoms with van der Waals surface area (Å²) in [6.45, 7) is 1.05. The van der Waals surface area contributed by atoms with Crippen molar-refractivity contribution in [3.63, 3.8) is 0 Å². The lowest BCUT2D eigenvalue weighted by Gasteiger charge is -2.36. The molecule has 1 unspecified atom stereocenters. The Morgan fingerprint density at radius 2 is 1.83 bits per heavy atom. The highest BCUT2D eigenvalue weighted by Gasteiger charge is 2.37. The number of hydrogen-bond donors (Lipinski definition) is 1. The predicted octanol–water partition coefficient (Wildman–Crippen LogP) is 0.861. The predicted molar refractivity (Wildman–Crippen MR) is 85.7 cm³/mol. The zero-order chi connectivity index (χ0) is 16.6. The van der Waals surface area contributed by atoms with Crippen LogP contribution in [0.3, 0.4) is 0 Å². The fourth-order valence-corrected chi connectivity index (χ4v) is 3.47. The number of rotatable bonds is 2. The Balaban J connectivity index is 1.79. The normalized spacial score (nSPS) is 22.0. The van der Waals surface area contributed by atoms with E-state index in [1.807, 2.05) is 24.3 Å². The van der Waals surface area contributed by atoms with E-state index in [1.165, 1.54) is 0 Å². The summed E-state index contributed by atoms with van der Waals surface area (Å²) < 4.78 is 0. The number of anilines is 1. The average molecular weight is 315 g/mol. The van der Waals surface area contributed by atoms with Gasteiger partial charge in [0.2, 0.25) is 17.7 Å². The molecule has 2 N–H and O–H groups in total. The number of carbonyl (C=O) groups is 3. The summed E-state index contributed by atoms with van der Waals surface area (Å²) >= 11 is 0. The summed E-state index contributed by atoms with van der Waals surface area (Å²) in [7, 11) is 1.74. The van der Waals surface area contributed by atoms with Crippen molar-refractivity contribution in [3.8, 4) is 0 Å². The van der Waals surface area contributed by atoms with Crippen LogP contribution in [0.15, 0.2) is 24.3 Å². The Labute approximate surface area is 135 Å². The van der Waals surface area contributed by atoms with Crippen molar-refractivity contribution in [3.05, 3.63) is 29.8 Å². The number of likely N-dealkylation sites (tertiary alicyclic amines) is 1. The fourth-order valence-electron chi connectivity index (χ4n) is 3.47. The lowest BCUT2D eigenvalue weighted by molar-refractivity contribution is -0.138. The molecule has 0 saturated carbocycles. The molecule has 2 aliphatic rings. The lowest BCUT2D eigenvalue weighted by Crippen LogP contribution is -2.46. The number of nitrogens with two attached hydrogens (primary N) is 1. The van der Waals surface area contributed by atoms with Gasteiger partial charge < -0.3 is 15.5 Å². The van der Waals surface area contributed by atoms with E-state index in [0.717, 1.165) is 11.3 Å². The van der Waals surface area contributed by atoms with Gasteiger partial charge in [0.25, 0.3) is 0 Å². The van der Waals surface area contributed by atoms with Gasteiger partial charge in [0, 0.05) is 38.2 Å². The topological polar surface area (TPSA) is 83.7 Å². The van der Waals surface area contributed by atoms with Crippen molar-refractivity contribution >= 4 is 23.4 Å². The minimum atomic E-state index is -0.431. The van der Waals surface area contributed by atoms with E-state index in [9.17, 15) is 14.4 Å². The molecule has 0 aromatic heterocycles. The molecule has 1 aromatic rings. The molecule has 3 amide bonds. The van der Waals surface area contributed by atoms with Gasteiger partial charge in [0.05, 0.1) is 5.92 Å². The lowest BCUT2D eigenvalue weighted by atomic mass is 9.87. The van der Waals surface area contributed by atoms with Crippen LogP contribution in [0.1, 0.15) is 30.7 Å². The molecule has 6 heteroatoms. The highest BCUT2D eigenvalue weighted by molar-refractivity contribution is 6.02. The number of primary amides is 1. The van der Waals surface area contributed by atoms with Crippen molar-refractivity contribution in [1.82, 2.24) is 4.90 Å². The number of nitrogens with zero attached hydrogens (tertiary/aromatic N) is 2. The highest BCUT2D eigenvalue weighted by atomic mass is 16.2. The maximum Gasteiger partial charge on any atom is 0.230 e. The molecular weight excluding hydrogens is 294 g/mol. The first-order chi connectivity index (χ1) is 11.0. The minimum absolute atomic E-state index is 0.0261. The van der Waals surface area contributed by atoms with Crippen LogP contribution in [0.2, 0.25) is 0 Å². The van der Waals surface area contributed by atoms with Crippen LogP contribution in [-0.4, -0.2) is 42.8 Å². The van der Waals surface area contributed by atoms with Crippen LogP contribution in [0.5, 0.6) is 0 Å². The molecule has 6 nitrogen and oxygen atoms in total. The number of amides is 3. The number of benzene rings is 1. The molecule has 23 heavy (non-hydrogen) atoms. The van der Waals surface area contributed by atoms with Gasteiger partial charge >= 0.3 is 0 Å². The zero-order valence-corrected chi connectivity index (χ0v) is 13.2. The first-order valence-electron chi connectivity index (χ1n) is 7.92. The molecule has 1 aromatic carbocycles. The smallest absolute Gasteiger partial charge is 0.230 e. The SMILES string of the molecule is CN1C(=O)CC(C(=O)N2CCC(C(N)=O)CC2)c2ccccc21. The Hall–Kier alpha value is -2.37. The van der Waals surface area contributed by atoms with Crippen LogP contribution in [-0.2, 0) is 14.4 Å². The van der Waals surface area contributed by atoms with Gasteiger partial charge in [-0.3, -0.25) is 14.4 Å². The standard InChI is InChI=1S/C17H21N3O3/c1-19-14-5-3-2-4-12(14)13(10-15(19)21)17(23)20-8-6-11(7-9-20)16(18)22/h2-5,11,13H,6-10H2,1H3,(H2,18,22). The summed E-state index contributed by atoms with van der Waals surface area (Å²) in [4.78, 5) is 39.7. The maximum atomic E-state index is 12.9. The van der Waals surface area contributed by atoms with E-state index in [0.29, 0.717) is 25.9 Å². The van der Waals surface area contributed by atoms with Gasteiger partial charge in [-0.05, 0) is 24.5 Å². The van der Waals surface area contributed by atoms with E-state index in [-0.39, 0.29) is 30.1 Å². The second-order valence-electron chi connectivity index (χ2n) is 6.27. The molecule has 1 saturated heterocycles. The average Bonchev–Trinajstić information content (AvgIpc) is 2.57. The Morgan fingerprint density at radius 1 is 1.17 bits per heavy atom. The second-order valence-corrected chi connectivity index (χ2v) is 6.27. The Kier molecular flexibility index (Phi) is 4.07. The number of piperidine rings is 1. The molecule has 2 heterocycles. The maximum absolute atomic E-state index is 12.9. The third-order valence-corrected chi connectivity index (χ3v) is 4.93. The van der Waals surface area contributed by atoms with Gasteiger partial charge in [-0.1, -0.05) is 18.2 Å². The summed E-state index contributed by atoms with van der Waals surface area (Å²) in [5, 5.41) is 0.